The van der Waals surface area contributed by atoms with Gasteiger partial charge in [0.05, 0.1) is 8.66 Å². The zero-order valence-electron chi connectivity index (χ0n) is 10.1. The van der Waals surface area contributed by atoms with Gasteiger partial charge in [-0.3, -0.25) is 4.79 Å². The first-order valence-electron chi connectivity index (χ1n) is 5.75. The molecule has 0 bridgehead atoms. The monoisotopic (exact) mass is 323 g/mol. The van der Waals surface area contributed by atoms with Crippen LogP contribution in [0.2, 0.25) is 0 Å². The number of aryl methyl sites for hydroxylation is 1. The quantitative estimate of drug-likeness (QED) is 0.911. The highest BCUT2D eigenvalue weighted by molar-refractivity contribution is 9.11. The number of halogens is 1. The molecule has 0 radical (unpaired) electrons. The van der Waals surface area contributed by atoms with Gasteiger partial charge in [-0.05, 0) is 52.5 Å². The molecule has 0 aliphatic carbocycles. The van der Waals surface area contributed by atoms with E-state index in [1.54, 1.807) is 0 Å². The average Bonchev–Trinajstić information content (AvgIpc) is 2.78. The third-order valence-electron chi connectivity index (χ3n) is 2.74. The molecular weight excluding hydrogens is 310 g/mol. The van der Waals surface area contributed by atoms with Crippen LogP contribution in [0.5, 0.6) is 0 Å². The molecule has 0 atom stereocenters. The van der Waals surface area contributed by atoms with Crippen molar-refractivity contribution in [1.82, 2.24) is 5.32 Å². The van der Waals surface area contributed by atoms with E-state index in [0.717, 1.165) is 15.1 Å². The Morgan fingerprint density at radius 2 is 2.06 bits per heavy atom. The molecule has 0 saturated carbocycles. The standard InChI is InChI=1S/C14H14BrNOS/c1-10-4-2-3-5-11(10)8-9-16-14(17)12-6-7-13(15)18-12/h2-7H,8-9H2,1H3,(H,16,17). The topological polar surface area (TPSA) is 29.1 Å². The fourth-order valence-electron chi connectivity index (χ4n) is 1.72. The van der Waals surface area contributed by atoms with Gasteiger partial charge in [-0.1, -0.05) is 24.3 Å². The predicted molar refractivity (Wildman–Crippen MR) is 79.2 cm³/mol. The van der Waals surface area contributed by atoms with Crippen LogP contribution in [0.4, 0.5) is 0 Å². The van der Waals surface area contributed by atoms with Gasteiger partial charge in [0.2, 0.25) is 0 Å². The highest BCUT2D eigenvalue weighted by Gasteiger charge is 2.07. The molecule has 0 spiro atoms. The fraction of sp³-hybridized carbons (Fsp3) is 0.214. The van der Waals surface area contributed by atoms with Crippen LogP contribution < -0.4 is 5.32 Å². The number of thiophene rings is 1. The van der Waals surface area contributed by atoms with Crippen molar-refractivity contribution in [2.75, 3.05) is 6.54 Å². The Bertz CT molecular complexity index is 550. The minimum Gasteiger partial charge on any atom is -0.351 e. The van der Waals surface area contributed by atoms with E-state index in [1.165, 1.54) is 22.5 Å². The summed E-state index contributed by atoms with van der Waals surface area (Å²) in [6.45, 7) is 2.76. The summed E-state index contributed by atoms with van der Waals surface area (Å²) >= 11 is 4.80. The molecule has 18 heavy (non-hydrogen) atoms. The molecule has 1 aromatic heterocycles. The van der Waals surface area contributed by atoms with Crippen molar-refractivity contribution in [3.05, 3.63) is 56.2 Å². The van der Waals surface area contributed by atoms with E-state index >= 15 is 0 Å². The maximum absolute atomic E-state index is 11.8. The van der Waals surface area contributed by atoms with Crippen molar-refractivity contribution < 1.29 is 4.79 Å². The number of rotatable bonds is 4. The predicted octanol–water partition coefficient (Wildman–Crippen LogP) is 3.79. The molecule has 0 fully saturated rings. The molecule has 1 aromatic carbocycles. The second kappa shape index (κ2) is 6.16. The molecule has 1 amide bonds. The third kappa shape index (κ3) is 3.43. The van der Waals surface area contributed by atoms with Gasteiger partial charge in [0.1, 0.15) is 0 Å². The number of carbonyl (C=O) groups excluding carboxylic acids is 1. The largest absolute Gasteiger partial charge is 0.351 e. The molecule has 0 saturated heterocycles. The smallest absolute Gasteiger partial charge is 0.261 e. The van der Waals surface area contributed by atoms with Crippen LogP contribution in [0.1, 0.15) is 20.8 Å². The lowest BCUT2D eigenvalue weighted by Gasteiger charge is -2.06. The van der Waals surface area contributed by atoms with E-state index < -0.39 is 0 Å². The molecule has 0 unspecified atom stereocenters. The Labute approximate surface area is 119 Å². The van der Waals surface area contributed by atoms with Gasteiger partial charge < -0.3 is 5.32 Å². The first-order chi connectivity index (χ1) is 8.66. The van der Waals surface area contributed by atoms with Crippen molar-refractivity contribution in [2.45, 2.75) is 13.3 Å². The summed E-state index contributed by atoms with van der Waals surface area (Å²) in [5.41, 5.74) is 2.55. The minimum atomic E-state index is -0.000663. The normalized spacial score (nSPS) is 10.3. The summed E-state index contributed by atoms with van der Waals surface area (Å²) in [5.74, 6) is -0.000663. The van der Waals surface area contributed by atoms with Crippen LogP contribution >= 0.6 is 27.3 Å². The molecule has 4 heteroatoms. The van der Waals surface area contributed by atoms with Crippen LogP contribution in [0.15, 0.2) is 40.2 Å². The Kier molecular flexibility index (Phi) is 4.55. The lowest BCUT2D eigenvalue weighted by atomic mass is 10.1. The minimum absolute atomic E-state index is 0.000663. The van der Waals surface area contributed by atoms with Gasteiger partial charge in [-0.15, -0.1) is 11.3 Å². The molecule has 94 valence electrons. The lowest BCUT2D eigenvalue weighted by molar-refractivity contribution is 0.0958. The van der Waals surface area contributed by atoms with Gasteiger partial charge in [-0.2, -0.15) is 0 Å². The summed E-state index contributed by atoms with van der Waals surface area (Å²) < 4.78 is 0.978. The number of nitrogens with one attached hydrogen (secondary N) is 1. The number of carbonyl (C=O) groups is 1. The van der Waals surface area contributed by atoms with Gasteiger partial charge >= 0.3 is 0 Å². The van der Waals surface area contributed by atoms with Crippen LogP contribution in [0.25, 0.3) is 0 Å². The summed E-state index contributed by atoms with van der Waals surface area (Å²) in [4.78, 5) is 12.6. The van der Waals surface area contributed by atoms with Crippen molar-refractivity contribution >= 4 is 33.2 Å². The van der Waals surface area contributed by atoms with Crippen molar-refractivity contribution in [1.29, 1.82) is 0 Å². The maximum atomic E-state index is 11.8. The van der Waals surface area contributed by atoms with Crippen LogP contribution in [0, 0.1) is 6.92 Å². The second-order valence-corrected chi connectivity index (χ2v) is 6.50. The maximum Gasteiger partial charge on any atom is 0.261 e. The fourth-order valence-corrected chi connectivity index (χ4v) is 3.03. The first kappa shape index (κ1) is 13.3. The molecule has 2 aromatic rings. The summed E-state index contributed by atoms with van der Waals surface area (Å²) in [6.07, 6.45) is 0.866. The molecule has 0 aliphatic heterocycles. The van der Waals surface area contributed by atoms with E-state index in [9.17, 15) is 4.79 Å². The zero-order chi connectivity index (χ0) is 13.0. The SMILES string of the molecule is Cc1ccccc1CCNC(=O)c1ccc(Br)s1. The average molecular weight is 324 g/mol. The number of hydrogen-bond acceptors (Lipinski definition) is 2. The molecule has 2 nitrogen and oxygen atoms in total. The highest BCUT2D eigenvalue weighted by Crippen LogP contribution is 2.21. The van der Waals surface area contributed by atoms with Gasteiger partial charge in [-0.25, -0.2) is 0 Å². The van der Waals surface area contributed by atoms with E-state index in [4.69, 9.17) is 0 Å². The van der Waals surface area contributed by atoms with Crippen molar-refractivity contribution in [3.8, 4) is 0 Å². The van der Waals surface area contributed by atoms with Crippen LogP contribution in [-0.4, -0.2) is 12.5 Å². The Morgan fingerprint density at radius 1 is 1.28 bits per heavy atom. The van der Waals surface area contributed by atoms with Crippen molar-refractivity contribution in [2.24, 2.45) is 0 Å². The third-order valence-corrected chi connectivity index (χ3v) is 4.36. The Morgan fingerprint density at radius 3 is 2.72 bits per heavy atom. The zero-order valence-corrected chi connectivity index (χ0v) is 12.5. The van der Waals surface area contributed by atoms with Gasteiger partial charge in [0.15, 0.2) is 0 Å². The highest BCUT2D eigenvalue weighted by atomic mass is 79.9. The van der Waals surface area contributed by atoms with Gasteiger partial charge in [0.25, 0.3) is 5.91 Å². The Hall–Kier alpha value is -1.13. The molecule has 1 heterocycles. The van der Waals surface area contributed by atoms with Gasteiger partial charge in [0, 0.05) is 6.54 Å². The van der Waals surface area contributed by atoms with E-state index in [1.807, 2.05) is 24.3 Å². The van der Waals surface area contributed by atoms with Crippen LogP contribution in [0.3, 0.4) is 0 Å². The second-order valence-electron chi connectivity index (χ2n) is 4.04. The summed E-state index contributed by atoms with van der Waals surface area (Å²) in [5, 5.41) is 2.94. The van der Waals surface area contributed by atoms with Crippen molar-refractivity contribution in [3.63, 3.8) is 0 Å². The summed E-state index contributed by atoms with van der Waals surface area (Å²) in [7, 11) is 0. The molecule has 1 N–H and O–H groups in total. The van der Waals surface area contributed by atoms with E-state index in [-0.39, 0.29) is 5.91 Å². The van der Waals surface area contributed by atoms with E-state index in [2.05, 4.69) is 40.3 Å². The molecular formula is C14H14BrNOS. The lowest BCUT2D eigenvalue weighted by Crippen LogP contribution is -2.24. The molecule has 0 aliphatic rings. The Balaban J connectivity index is 1.86. The number of hydrogen-bond donors (Lipinski definition) is 1. The van der Waals surface area contributed by atoms with E-state index in [0.29, 0.717) is 6.54 Å². The number of amides is 1. The first-order valence-corrected chi connectivity index (χ1v) is 7.36. The molecule has 2 rings (SSSR count). The van der Waals surface area contributed by atoms with Crippen LogP contribution in [-0.2, 0) is 6.42 Å². The summed E-state index contributed by atoms with van der Waals surface area (Å²) in [6, 6.07) is 12.0. The number of benzene rings is 1.